The topological polar surface area (TPSA) is 18.5 Å². The normalized spacial score (nSPS) is 12.0. The van der Waals surface area contributed by atoms with Crippen LogP contribution in [0.3, 0.4) is 0 Å². The van der Waals surface area contributed by atoms with E-state index in [0.717, 1.165) is 42.8 Å². The van der Waals surface area contributed by atoms with E-state index in [0.29, 0.717) is 25.0 Å². The highest BCUT2D eigenvalue weighted by Gasteiger charge is 2.15. The van der Waals surface area contributed by atoms with Crippen LogP contribution in [0.15, 0.2) is 48.5 Å². The Bertz CT molecular complexity index is 710. The molecule has 0 aliphatic heterocycles. The fourth-order valence-electron chi connectivity index (χ4n) is 3.78. The lowest BCUT2D eigenvalue weighted by molar-refractivity contribution is -0.904. The molecule has 0 atom stereocenters. The summed E-state index contributed by atoms with van der Waals surface area (Å²) in [5.41, 5.74) is 4.11. The number of likely N-dealkylation sites (N-methyl/N-ethyl adjacent to an activating group) is 1. The monoisotopic (exact) mass is 412 g/mol. The Hall–Kier alpha value is -1.84. The molecule has 0 saturated carbocycles. The van der Waals surface area contributed by atoms with E-state index in [4.69, 9.17) is 9.47 Å². The fourth-order valence-corrected chi connectivity index (χ4v) is 3.78. The summed E-state index contributed by atoms with van der Waals surface area (Å²) in [4.78, 5) is 0. The van der Waals surface area contributed by atoms with Crippen molar-refractivity contribution in [3.63, 3.8) is 0 Å². The lowest BCUT2D eigenvalue weighted by atomic mass is 9.96. The van der Waals surface area contributed by atoms with Crippen LogP contribution in [0.1, 0.15) is 44.4 Å². The summed E-state index contributed by atoms with van der Waals surface area (Å²) in [5, 5.41) is 0. The van der Waals surface area contributed by atoms with Crippen molar-refractivity contribution >= 4 is 0 Å². The van der Waals surface area contributed by atoms with Gasteiger partial charge >= 0.3 is 0 Å². The molecule has 0 saturated heterocycles. The van der Waals surface area contributed by atoms with E-state index in [9.17, 15) is 0 Å². The van der Waals surface area contributed by atoms with Gasteiger partial charge in [0.25, 0.3) is 0 Å². The maximum absolute atomic E-state index is 6.05. The molecule has 0 fully saturated rings. The molecule has 0 N–H and O–H groups in total. The lowest BCUT2D eigenvalue weighted by Crippen LogP contribution is -2.41. The first-order valence-corrected chi connectivity index (χ1v) is 11.4. The van der Waals surface area contributed by atoms with Crippen LogP contribution in [-0.2, 0) is 24.1 Å². The molecule has 2 aromatic rings. The number of rotatable bonds is 13. The zero-order valence-corrected chi connectivity index (χ0v) is 20.0. The minimum atomic E-state index is 0.596. The molecule has 0 unspecified atom stereocenters. The Labute approximate surface area is 184 Å². The van der Waals surface area contributed by atoms with Gasteiger partial charge in [0.2, 0.25) is 0 Å². The number of nitrogens with zero attached hydrogens (tertiary/aromatic N) is 1. The second-order valence-corrected chi connectivity index (χ2v) is 9.95. The summed E-state index contributed by atoms with van der Waals surface area (Å²) in [6.45, 7) is 13.0. The third-order valence-corrected chi connectivity index (χ3v) is 5.10. The number of benzene rings is 2. The van der Waals surface area contributed by atoms with Crippen LogP contribution in [0.25, 0.3) is 0 Å². The van der Waals surface area contributed by atoms with Gasteiger partial charge in [-0.1, -0.05) is 64.1 Å². The first kappa shape index (κ1) is 24.4. The molecule has 3 heteroatoms. The number of hydrogen-bond acceptors (Lipinski definition) is 2. The zero-order valence-electron chi connectivity index (χ0n) is 20.0. The van der Waals surface area contributed by atoms with Crippen molar-refractivity contribution in [2.24, 2.45) is 11.8 Å². The van der Waals surface area contributed by atoms with Crippen LogP contribution in [0, 0.1) is 11.8 Å². The molecular weight excluding hydrogens is 370 g/mol. The van der Waals surface area contributed by atoms with Crippen molar-refractivity contribution in [2.75, 3.05) is 40.5 Å². The highest BCUT2D eigenvalue weighted by Crippen LogP contribution is 2.22. The van der Waals surface area contributed by atoms with Crippen LogP contribution >= 0.6 is 0 Å². The van der Waals surface area contributed by atoms with Gasteiger partial charge in [-0.15, -0.1) is 0 Å². The zero-order chi connectivity index (χ0) is 22.0. The molecule has 0 aliphatic carbocycles. The quantitative estimate of drug-likeness (QED) is 0.308. The molecule has 0 amide bonds. The Balaban J connectivity index is 1.76. The molecule has 0 aromatic heterocycles. The van der Waals surface area contributed by atoms with E-state index in [2.05, 4.69) is 90.3 Å². The fraction of sp³-hybridized carbons (Fsp3) is 0.556. The van der Waals surface area contributed by atoms with E-state index >= 15 is 0 Å². The van der Waals surface area contributed by atoms with Gasteiger partial charge in [0.15, 0.2) is 0 Å². The van der Waals surface area contributed by atoms with Gasteiger partial charge in [0.05, 0.1) is 27.3 Å². The molecule has 0 heterocycles. The maximum Gasteiger partial charge on any atom is 0.119 e. The molecule has 0 spiro atoms. The second-order valence-electron chi connectivity index (χ2n) is 9.95. The standard InChI is InChI=1S/C27H42NO2/c1-22(2)16-25-18-26(17-23(3)4)20-27(19-25)30-15-14-29-13-12-28(5,6)21-24-10-8-7-9-11-24/h7-11,18-20,22-23H,12-17,21H2,1-6H3/q+1. The first-order chi connectivity index (χ1) is 14.2. The Morgan fingerprint density at radius 1 is 0.733 bits per heavy atom. The molecule has 3 nitrogen and oxygen atoms in total. The average molecular weight is 413 g/mol. The summed E-state index contributed by atoms with van der Waals surface area (Å²) >= 11 is 0. The molecule has 166 valence electrons. The largest absolute Gasteiger partial charge is 0.491 e. The van der Waals surface area contributed by atoms with Crippen molar-refractivity contribution in [3.8, 4) is 5.75 Å². The van der Waals surface area contributed by atoms with Gasteiger partial charge in [-0.05, 0) is 47.9 Å². The van der Waals surface area contributed by atoms with Crippen molar-refractivity contribution < 1.29 is 14.0 Å². The lowest BCUT2D eigenvalue weighted by Gasteiger charge is -2.29. The smallest absolute Gasteiger partial charge is 0.119 e. The van der Waals surface area contributed by atoms with Gasteiger partial charge in [-0.25, -0.2) is 0 Å². The van der Waals surface area contributed by atoms with Gasteiger partial charge in [-0.3, -0.25) is 0 Å². The number of quaternary nitrogens is 1. The van der Waals surface area contributed by atoms with Crippen LogP contribution < -0.4 is 4.74 Å². The van der Waals surface area contributed by atoms with Crippen LogP contribution in [0.2, 0.25) is 0 Å². The molecule has 0 aliphatic rings. The molecule has 2 rings (SSSR count). The number of ether oxygens (including phenoxy) is 2. The van der Waals surface area contributed by atoms with E-state index < -0.39 is 0 Å². The summed E-state index contributed by atoms with van der Waals surface area (Å²) in [7, 11) is 4.51. The summed E-state index contributed by atoms with van der Waals surface area (Å²) in [6, 6.07) is 17.4. The van der Waals surface area contributed by atoms with Gasteiger partial charge in [-0.2, -0.15) is 0 Å². The minimum Gasteiger partial charge on any atom is -0.491 e. The molecule has 2 aromatic carbocycles. The highest BCUT2D eigenvalue weighted by atomic mass is 16.5. The van der Waals surface area contributed by atoms with Gasteiger partial charge < -0.3 is 14.0 Å². The average Bonchev–Trinajstić information content (AvgIpc) is 2.63. The highest BCUT2D eigenvalue weighted by molar-refractivity contribution is 5.35. The summed E-state index contributed by atoms with van der Waals surface area (Å²) < 4.78 is 12.8. The second kappa shape index (κ2) is 12.1. The summed E-state index contributed by atoms with van der Waals surface area (Å²) in [6.07, 6.45) is 2.18. The van der Waals surface area contributed by atoms with Crippen molar-refractivity contribution in [2.45, 2.75) is 47.1 Å². The predicted molar refractivity (Wildman–Crippen MR) is 127 cm³/mol. The number of hydrogen-bond donors (Lipinski definition) is 0. The summed E-state index contributed by atoms with van der Waals surface area (Å²) in [5.74, 6) is 2.27. The van der Waals surface area contributed by atoms with Crippen LogP contribution in [0.5, 0.6) is 5.75 Å². The molecular formula is C27H42NO2+. The molecule has 30 heavy (non-hydrogen) atoms. The Kier molecular flexibility index (Phi) is 9.87. The van der Waals surface area contributed by atoms with E-state index in [-0.39, 0.29) is 0 Å². The predicted octanol–water partition coefficient (Wildman–Crippen LogP) is 5.76. The van der Waals surface area contributed by atoms with Gasteiger partial charge in [0.1, 0.15) is 25.4 Å². The van der Waals surface area contributed by atoms with Crippen molar-refractivity contribution in [1.82, 2.24) is 0 Å². The molecule has 0 radical (unpaired) electrons. The first-order valence-electron chi connectivity index (χ1n) is 11.4. The third-order valence-electron chi connectivity index (χ3n) is 5.10. The maximum atomic E-state index is 6.05. The Morgan fingerprint density at radius 3 is 1.90 bits per heavy atom. The Morgan fingerprint density at radius 2 is 1.33 bits per heavy atom. The molecule has 0 bridgehead atoms. The minimum absolute atomic E-state index is 0.596. The SMILES string of the molecule is CC(C)Cc1cc(CC(C)C)cc(OCCOCC[N+](C)(C)Cc2ccccc2)c1. The van der Waals surface area contributed by atoms with E-state index in [1.54, 1.807) is 0 Å². The van der Waals surface area contributed by atoms with E-state index in [1.807, 2.05) is 0 Å². The van der Waals surface area contributed by atoms with E-state index in [1.165, 1.54) is 16.7 Å². The third kappa shape index (κ3) is 9.77. The van der Waals surface area contributed by atoms with Crippen molar-refractivity contribution in [1.29, 1.82) is 0 Å². The van der Waals surface area contributed by atoms with Crippen LogP contribution in [-0.4, -0.2) is 44.9 Å². The van der Waals surface area contributed by atoms with Gasteiger partial charge in [0, 0.05) is 5.56 Å². The van der Waals surface area contributed by atoms with Crippen LogP contribution in [0.4, 0.5) is 0 Å². The van der Waals surface area contributed by atoms with Crippen molar-refractivity contribution in [3.05, 3.63) is 65.2 Å².